The number of nitrogens with zero attached hydrogens (tertiary/aromatic N) is 2. The lowest BCUT2D eigenvalue weighted by molar-refractivity contribution is -0.385. The Morgan fingerprint density at radius 2 is 1.72 bits per heavy atom. The van der Waals surface area contributed by atoms with Gasteiger partial charge in [-0.3, -0.25) is 14.9 Å². The number of amides is 1. The number of methoxy groups -OCH3 is 3. The standard InChI is InChI=1S/C20H24N2O7/c1-21(13-14-5-7-15(27-3)8-6-14)20(23)16-11-18(28-4)19(29-10-9-26-2)12-17(16)22(24)25/h5-8,11-12H,9-10,13H2,1-4H3. The summed E-state index contributed by atoms with van der Waals surface area (Å²) < 4.78 is 20.8. The van der Waals surface area contributed by atoms with E-state index in [4.69, 9.17) is 18.9 Å². The Labute approximate surface area is 168 Å². The van der Waals surface area contributed by atoms with Crippen molar-refractivity contribution in [3.05, 3.63) is 57.6 Å². The van der Waals surface area contributed by atoms with E-state index in [9.17, 15) is 14.9 Å². The molecule has 0 aliphatic heterocycles. The summed E-state index contributed by atoms with van der Waals surface area (Å²) in [4.78, 5) is 25.3. The summed E-state index contributed by atoms with van der Waals surface area (Å²) in [7, 11) is 6.06. The van der Waals surface area contributed by atoms with Crippen LogP contribution >= 0.6 is 0 Å². The first-order valence-corrected chi connectivity index (χ1v) is 8.77. The molecule has 0 N–H and O–H groups in total. The van der Waals surface area contributed by atoms with Crippen LogP contribution in [0, 0.1) is 10.1 Å². The number of benzene rings is 2. The molecule has 0 bridgehead atoms. The quantitative estimate of drug-likeness (QED) is 0.341. The molecule has 0 heterocycles. The fraction of sp³-hybridized carbons (Fsp3) is 0.350. The maximum atomic E-state index is 12.9. The van der Waals surface area contributed by atoms with Crippen molar-refractivity contribution in [1.29, 1.82) is 0 Å². The average molecular weight is 404 g/mol. The molecule has 0 aliphatic rings. The fourth-order valence-electron chi connectivity index (χ4n) is 2.66. The van der Waals surface area contributed by atoms with E-state index >= 15 is 0 Å². The molecule has 2 aromatic rings. The molecule has 0 radical (unpaired) electrons. The van der Waals surface area contributed by atoms with Crippen molar-refractivity contribution in [1.82, 2.24) is 4.90 Å². The van der Waals surface area contributed by atoms with E-state index in [1.165, 1.54) is 31.3 Å². The fourth-order valence-corrected chi connectivity index (χ4v) is 2.66. The van der Waals surface area contributed by atoms with Crippen LogP contribution in [0.25, 0.3) is 0 Å². The van der Waals surface area contributed by atoms with Crippen LogP contribution in [-0.4, -0.2) is 57.3 Å². The molecule has 0 unspecified atom stereocenters. The van der Waals surface area contributed by atoms with Gasteiger partial charge in [0, 0.05) is 26.8 Å². The molecule has 9 heteroatoms. The normalized spacial score (nSPS) is 10.3. The molecule has 0 saturated carbocycles. The molecule has 0 aliphatic carbocycles. The molecular formula is C20H24N2O7. The number of carbonyl (C=O) groups is 1. The van der Waals surface area contributed by atoms with Gasteiger partial charge in [-0.25, -0.2) is 0 Å². The third-order valence-electron chi connectivity index (χ3n) is 4.18. The number of nitro benzene ring substituents is 1. The monoisotopic (exact) mass is 404 g/mol. The molecule has 156 valence electrons. The van der Waals surface area contributed by atoms with Gasteiger partial charge in [0.2, 0.25) is 0 Å². The van der Waals surface area contributed by atoms with E-state index in [2.05, 4.69) is 0 Å². The highest BCUT2D eigenvalue weighted by Crippen LogP contribution is 2.35. The van der Waals surface area contributed by atoms with E-state index in [0.717, 1.165) is 5.56 Å². The Hall–Kier alpha value is -3.33. The zero-order valence-electron chi connectivity index (χ0n) is 16.8. The summed E-state index contributed by atoms with van der Waals surface area (Å²) in [6, 6.07) is 9.74. The zero-order chi connectivity index (χ0) is 21.4. The van der Waals surface area contributed by atoms with Crippen molar-refractivity contribution < 1.29 is 28.7 Å². The first-order chi connectivity index (χ1) is 13.9. The van der Waals surface area contributed by atoms with Crippen molar-refractivity contribution in [3.8, 4) is 17.2 Å². The molecule has 2 aromatic carbocycles. The van der Waals surface area contributed by atoms with Gasteiger partial charge in [-0.15, -0.1) is 0 Å². The Balaban J connectivity index is 2.29. The molecule has 0 aromatic heterocycles. The van der Waals surface area contributed by atoms with Crippen molar-refractivity contribution in [2.75, 3.05) is 41.6 Å². The van der Waals surface area contributed by atoms with Gasteiger partial charge in [0.15, 0.2) is 11.5 Å². The molecule has 1 amide bonds. The van der Waals surface area contributed by atoms with E-state index in [0.29, 0.717) is 12.4 Å². The molecule has 0 atom stereocenters. The molecule has 0 fully saturated rings. The molecule has 29 heavy (non-hydrogen) atoms. The Morgan fingerprint density at radius 3 is 2.28 bits per heavy atom. The summed E-state index contributed by atoms with van der Waals surface area (Å²) in [5, 5.41) is 11.6. The third kappa shape index (κ3) is 5.58. The molecule has 9 nitrogen and oxygen atoms in total. The number of nitro groups is 1. The van der Waals surface area contributed by atoms with Crippen LogP contribution in [0.15, 0.2) is 36.4 Å². The molecule has 0 saturated heterocycles. The van der Waals surface area contributed by atoms with Gasteiger partial charge >= 0.3 is 0 Å². The second-order valence-corrected chi connectivity index (χ2v) is 6.13. The smallest absolute Gasteiger partial charge is 0.286 e. The van der Waals surface area contributed by atoms with Crippen LogP contribution in [0.5, 0.6) is 17.2 Å². The largest absolute Gasteiger partial charge is 0.497 e. The third-order valence-corrected chi connectivity index (χ3v) is 4.18. The van der Waals surface area contributed by atoms with Gasteiger partial charge in [0.1, 0.15) is 17.9 Å². The highest BCUT2D eigenvalue weighted by molar-refractivity contribution is 5.99. The highest BCUT2D eigenvalue weighted by Gasteiger charge is 2.27. The van der Waals surface area contributed by atoms with Crippen LogP contribution in [0.3, 0.4) is 0 Å². The first-order valence-electron chi connectivity index (χ1n) is 8.77. The minimum atomic E-state index is -0.614. The van der Waals surface area contributed by atoms with E-state index in [1.54, 1.807) is 26.3 Å². The predicted octanol–water partition coefficient (Wildman–Crippen LogP) is 2.91. The van der Waals surface area contributed by atoms with Gasteiger partial charge in [-0.2, -0.15) is 0 Å². The minimum absolute atomic E-state index is 0.0815. The molecular weight excluding hydrogens is 380 g/mol. The number of hydrogen-bond donors (Lipinski definition) is 0. The number of hydrogen-bond acceptors (Lipinski definition) is 7. The summed E-state index contributed by atoms with van der Waals surface area (Å²) >= 11 is 0. The summed E-state index contributed by atoms with van der Waals surface area (Å²) in [6.07, 6.45) is 0. The van der Waals surface area contributed by atoms with Gasteiger partial charge in [0.25, 0.3) is 11.6 Å². The second-order valence-electron chi connectivity index (χ2n) is 6.13. The van der Waals surface area contributed by atoms with Crippen molar-refractivity contribution in [3.63, 3.8) is 0 Å². The van der Waals surface area contributed by atoms with Crippen molar-refractivity contribution in [2.45, 2.75) is 6.54 Å². The average Bonchev–Trinajstić information content (AvgIpc) is 2.73. The second kappa shape index (κ2) is 10.3. The lowest BCUT2D eigenvalue weighted by Gasteiger charge is -2.19. The topological polar surface area (TPSA) is 100 Å². The molecule has 2 rings (SSSR count). The minimum Gasteiger partial charge on any atom is -0.497 e. The van der Waals surface area contributed by atoms with Crippen LogP contribution in [0.1, 0.15) is 15.9 Å². The van der Waals surface area contributed by atoms with Gasteiger partial charge < -0.3 is 23.8 Å². The Bertz CT molecular complexity index is 853. The first kappa shape index (κ1) is 22.0. The number of ether oxygens (including phenoxy) is 4. The van der Waals surface area contributed by atoms with Crippen LogP contribution in [-0.2, 0) is 11.3 Å². The zero-order valence-corrected chi connectivity index (χ0v) is 16.8. The predicted molar refractivity (Wildman–Crippen MR) is 106 cm³/mol. The van der Waals surface area contributed by atoms with Crippen molar-refractivity contribution in [2.24, 2.45) is 0 Å². The summed E-state index contributed by atoms with van der Waals surface area (Å²) in [5.74, 6) is 0.597. The maximum Gasteiger partial charge on any atom is 0.286 e. The lowest BCUT2D eigenvalue weighted by atomic mass is 10.1. The highest BCUT2D eigenvalue weighted by atomic mass is 16.6. The van der Waals surface area contributed by atoms with Crippen LogP contribution < -0.4 is 14.2 Å². The lowest BCUT2D eigenvalue weighted by Crippen LogP contribution is -2.27. The van der Waals surface area contributed by atoms with Gasteiger partial charge in [-0.1, -0.05) is 12.1 Å². The van der Waals surface area contributed by atoms with Gasteiger partial charge in [-0.05, 0) is 17.7 Å². The number of carbonyl (C=O) groups excluding carboxylic acids is 1. The SMILES string of the molecule is COCCOc1cc([N+](=O)[O-])c(C(=O)N(C)Cc2ccc(OC)cc2)cc1OC. The maximum absolute atomic E-state index is 12.9. The van der Waals surface area contributed by atoms with Crippen LogP contribution in [0.4, 0.5) is 5.69 Å². The van der Waals surface area contributed by atoms with Crippen LogP contribution in [0.2, 0.25) is 0 Å². The Morgan fingerprint density at radius 1 is 1.03 bits per heavy atom. The molecule has 0 spiro atoms. The van der Waals surface area contributed by atoms with E-state index in [1.807, 2.05) is 12.1 Å². The van der Waals surface area contributed by atoms with E-state index in [-0.39, 0.29) is 35.9 Å². The van der Waals surface area contributed by atoms with Crippen molar-refractivity contribution >= 4 is 11.6 Å². The summed E-state index contributed by atoms with van der Waals surface area (Å²) in [5.41, 5.74) is 0.419. The van der Waals surface area contributed by atoms with Gasteiger partial charge in [0.05, 0.1) is 31.8 Å². The number of rotatable bonds is 10. The Kier molecular flexibility index (Phi) is 7.79. The van der Waals surface area contributed by atoms with E-state index < -0.39 is 10.8 Å². The summed E-state index contributed by atoms with van der Waals surface area (Å²) in [6.45, 7) is 0.769.